The molecule has 0 bridgehead atoms. The molecule has 8 heterocycles. The first-order valence-electron chi connectivity index (χ1n) is 29.1. The van der Waals surface area contributed by atoms with E-state index in [2.05, 4.69) is 53.7 Å². The Labute approximate surface area is 480 Å². The molecule has 1 aliphatic carbocycles. The second kappa shape index (κ2) is 22.1. The van der Waals surface area contributed by atoms with Crippen molar-refractivity contribution in [2.75, 3.05) is 80.9 Å². The van der Waals surface area contributed by atoms with Crippen LogP contribution in [0.3, 0.4) is 0 Å². The summed E-state index contributed by atoms with van der Waals surface area (Å²) in [6, 6.07) is 23.6. The van der Waals surface area contributed by atoms with Crippen molar-refractivity contribution in [1.29, 1.82) is 0 Å². The number of piperidine rings is 1. The van der Waals surface area contributed by atoms with Crippen LogP contribution in [0.5, 0.6) is 17.4 Å². The summed E-state index contributed by atoms with van der Waals surface area (Å²) in [6.07, 6.45) is 7.25. The summed E-state index contributed by atoms with van der Waals surface area (Å²) in [5.74, 6) is -1.29. The number of H-pyrrole nitrogens is 1. The minimum Gasteiger partial charge on any atom is -0.491 e. The molecule has 1 saturated carbocycles. The van der Waals surface area contributed by atoms with Crippen molar-refractivity contribution in [1.82, 2.24) is 24.5 Å². The van der Waals surface area contributed by atoms with Crippen molar-refractivity contribution >= 4 is 55.4 Å². The van der Waals surface area contributed by atoms with Crippen molar-refractivity contribution in [3.63, 3.8) is 0 Å². The highest BCUT2D eigenvalue weighted by Crippen LogP contribution is 2.54. The number of anilines is 4. The molecule has 438 valence electrons. The van der Waals surface area contributed by atoms with Crippen LogP contribution in [0.2, 0.25) is 0 Å². The molecule has 1 amide bonds. The lowest BCUT2D eigenvalue weighted by molar-refractivity contribution is -0.384. The lowest BCUT2D eigenvalue weighted by Crippen LogP contribution is -2.60. The molecule has 7 aliphatic rings. The molecule has 6 aliphatic heterocycles. The van der Waals surface area contributed by atoms with Gasteiger partial charge in [0.2, 0.25) is 5.88 Å². The fourth-order valence-corrected chi connectivity index (χ4v) is 15.0. The molecule has 2 aromatic heterocycles. The zero-order chi connectivity index (χ0) is 57.3. The van der Waals surface area contributed by atoms with Gasteiger partial charge in [0.05, 0.1) is 51.9 Å². The number of carbonyl (C=O) groups is 1. The number of benzene rings is 4. The highest BCUT2D eigenvalue weighted by atomic mass is 32.2. The van der Waals surface area contributed by atoms with Crippen molar-refractivity contribution in [3.05, 3.63) is 130 Å². The molecule has 0 radical (unpaired) electrons. The zero-order valence-corrected chi connectivity index (χ0v) is 47.5. The standard InChI is InChI=1S/C61H69F2N9O10S/c1-36(2)81-54-7-5-4-6-44(54)53-33-69(37(3)39-8-11-46(62)47(63)26-39)21-22-70(53)42-31-61(32-42)16-19-68(20-17-61)41-9-10-45(50(28-41)71-49-15-25-79-35-56(49)82-60-52(71)27-40-12-18-64-58(40)66-60)59(73)67-83(76,77)43-29-51(72(74)75)57-55(30-43)80-34-48(65-57)38-13-23-78-24-14-38/h4-12,18,26-30,36-38,42,48-49,53,56,65H,13-17,19-25,31-35H2,1-3H3,(H,64,66)(H,67,73)/t37?,48-,49-,53-,56-/m0/s1. The van der Waals surface area contributed by atoms with Gasteiger partial charge in [0, 0.05) is 99.6 Å². The maximum Gasteiger partial charge on any atom is 0.297 e. The third kappa shape index (κ3) is 10.6. The van der Waals surface area contributed by atoms with E-state index in [9.17, 15) is 32.1 Å². The van der Waals surface area contributed by atoms with Gasteiger partial charge in [0.1, 0.15) is 29.8 Å². The first-order valence-corrected chi connectivity index (χ1v) is 30.5. The molecule has 4 saturated heterocycles. The summed E-state index contributed by atoms with van der Waals surface area (Å²) in [7, 11) is -4.74. The number of para-hydroxylation sites is 1. The van der Waals surface area contributed by atoms with Crippen LogP contribution in [0.25, 0.3) is 11.0 Å². The van der Waals surface area contributed by atoms with Gasteiger partial charge in [-0.05, 0) is 131 Å². The number of fused-ring (bicyclic) bond motifs is 4. The van der Waals surface area contributed by atoms with Gasteiger partial charge in [-0.25, -0.2) is 21.9 Å². The number of piperazine rings is 1. The molecule has 13 rings (SSSR count). The van der Waals surface area contributed by atoms with E-state index in [0.29, 0.717) is 61.7 Å². The smallest absolute Gasteiger partial charge is 0.297 e. The molecule has 4 aromatic carbocycles. The first kappa shape index (κ1) is 55.1. The van der Waals surface area contributed by atoms with Crippen LogP contribution in [0.1, 0.15) is 99.3 Å². The number of hydrogen-bond acceptors (Lipinski definition) is 16. The Morgan fingerprint density at radius 1 is 0.892 bits per heavy atom. The van der Waals surface area contributed by atoms with Gasteiger partial charge in [-0.1, -0.05) is 24.3 Å². The highest BCUT2D eigenvalue weighted by molar-refractivity contribution is 7.90. The fraction of sp³-hybridized carbons (Fsp3) is 0.475. The van der Waals surface area contributed by atoms with Gasteiger partial charge < -0.3 is 43.8 Å². The fourth-order valence-electron chi connectivity index (χ4n) is 14.0. The van der Waals surface area contributed by atoms with Crippen LogP contribution < -0.4 is 34.0 Å². The number of ether oxygens (including phenoxy) is 5. The number of amides is 1. The third-order valence-electron chi connectivity index (χ3n) is 18.5. The van der Waals surface area contributed by atoms with E-state index in [1.807, 2.05) is 50.2 Å². The molecular formula is C61H69F2N9O10S. The largest absolute Gasteiger partial charge is 0.491 e. The molecule has 22 heteroatoms. The van der Waals surface area contributed by atoms with Crippen LogP contribution in [0.15, 0.2) is 96.0 Å². The number of rotatable bonds is 13. The monoisotopic (exact) mass is 1160 g/mol. The van der Waals surface area contributed by atoms with Gasteiger partial charge in [-0.3, -0.25) is 24.7 Å². The van der Waals surface area contributed by atoms with E-state index in [0.717, 1.165) is 98.7 Å². The number of sulfonamides is 1. The summed E-state index contributed by atoms with van der Waals surface area (Å²) >= 11 is 0. The number of nitro groups is 1. The summed E-state index contributed by atoms with van der Waals surface area (Å²) in [5.41, 5.74) is 4.17. The average molecular weight is 1160 g/mol. The van der Waals surface area contributed by atoms with Crippen molar-refractivity contribution in [2.24, 2.45) is 11.3 Å². The van der Waals surface area contributed by atoms with E-state index in [1.165, 1.54) is 18.2 Å². The maximum atomic E-state index is 14.9. The molecule has 6 aromatic rings. The molecule has 3 N–H and O–H groups in total. The van der Waals surface area contributed by atoms with Crippen molar-refractivity contribution < 1.29 is 50.6 Å². The summed E-state index contributed by atoms with van der Waals surface area (Å²) in [4.78, 5) is 43.8. The predicted octanol–water partition coefficient (Wildman–Crippen LogP) is 9.81. The number of hydrogen-bond donors (Lipinski definition) is 3. The Morgan fingerprint density at radius 2 is 1.69 bits per heavy atom. The van der Waals surface area contributed by atoms with Crippen LogP contribution in [0, 0.1) is 33.1 Å². The Balaban J connectivity index is 0.776. The second-order valence-electron chi connectivity index (χ2n) is 23.8. The quantitative estimate of drug-likeness (QED) is 0.0727. The van der Waals surface area contributed by atoms with Crippen LogP contribution in [-0.4, -0.2) is 135 Å². The number of aromatic nitrogens is 2. The molecule has 1 unspecified atom stereocenters. The zero-order valence-electron chi connectivity index (χ0n) is 46.7. The van der Waals surface area contributed by atoms with Gasteiger partial charge in [0.15, 0.2) is 23.1 Å². The number of nitrogens with zero attached hydrogens (tertiary/aromatic N) is 6. The molecule has 5 atom stereocenters. The van der Waals surface area contributed by atoms with Gasteiger partial charge in [-0.2, -0.15) is 4.98 Å². The van der Waals surface area contributed by atoms with Crippen LogP contribution in [0.4, 0.5) is 37.2 Å². The van der Waals surface area contributed by atoms with E-state index in [1.54, 1.807) is 18.3 Å². The van der Waals surface area contributed by atoms with Crippen molar-refractivity contribution in [2.45, 2.75) is 113 Å². The number of nitrogens with one attached hydrogen (secondary N) is 3. The van der Waals surface area contributed by atoms with E-state index >= 15 is 0 Å². The average Bonchev–Trinajstić information content (AvgIpc) is 4.09. The maximum absolute atomic E-state index is 14.9. The van der Waals surface area contributed by atoms with Crippen LogP contribution in [-0.2, 0) is 19.5 Å². The Kier molecular flexibility index (Phi) is 14.7. The molecule has 83 heavy (non-hydrogen) atoms. The Hall–Kier alpha value is -7.11. The molecular weight excluding hydrogens is 1090 g/mol. The Bertz CT molecular complexity index is 3570. The number of halogens is 2. The summed E-state index contributed by atoms with van der Waals surface area (Å²) in [5, 5.41) is 16.7. The van der Waals surface area contributed by atoms with E-state index in [-0.39, 0.29) is 71.8 Å². The van der Waals surface area contributed by atoms with E-state index < -0.39 is 49.2 Å². The predicted molar refractivity (Wildman–Crippen MR) is 307 cm³/mol. The van der Waals surface area contributed by atoms with Crippen molar-refractivity contribution in [3.8, 4) is 17.4 Å². The lowest BCUT2D eigenvalue weighted by atomic mass is 9.59. The number of pyridine rings is 1. The number of nitro benzene ring substituents is 1. The van der Waals surface area contributed by atoms with Gasteiger partial charge in [-0.15, -0.1) is 0 Å². The van der Waals surface area contributed by atoms with Crippen LogP contribution >= 0.6 is 0 Å². The summed E-state index contributed by atoms with van der Waals surface area (Å²) in [6.45, 7) is 11.9. The second-order valence-corrected chi connectivity index (χ2v) is 25.4. The van der Waals surface area contributed by atoms with E-state index in [4.69, 9.17) is 28.7 Å². The van der Waals surface area contributed by atoms with Gasteiger partial charge in [0.25, 0.3) is 21.6 Å². The summed E-state index contributed by atoms with van der Waals surface area (Å²) < 4.78 is 90.3. The third-order valence-corrected chi connectivity index (χ3v) is 19.8. The number of aromatic amines is 1. The minimum atomic E-state index is -4.74. The SMILES string of the molecule is CC(C)Oc1ccccc1[C@@H]1CN(C(C)c2ccc(F)c(F)c2)CCN1C1CC2(CCN(c3ccc(C(=O)NS(=O)(=O)c4cc5c(c([N+](=O)[O-])c4)N[C@H](C4CCOCC4)CO5)c(N4c5cc6cc[nH]c6nc5O[C@H]5COCC[C@@H]54)c3)CC2)C1. The lowest BCUT2D eigenvalue weighted by Gasteiger charge is -2.58. The van der Waals surface area contributed by atoms with Gasteiger partial charge >= 0.3 is 0 Å². The topological polar surface area (TPSA) is 206 Å². The highest BCUT2D eigenvalue weighted by Gasteiger charge is 2.51. The molecule has 5 fully saturated rings. The normalized spacial score (nSPS) is 23.5. The number of carbonyl (C=O) groups excluding carboxylic acids is 1. The Morgan fingerprint density at radius 3 is 2.47 bits per heavy atom. The molecule has 1 spiro atoms. The molecule has 19 nitrogen and oxygen atoms in total. The first-order chi connectivity index (χ1) is 40.1. The minimum absolute atomic E-state index is 0.000351.